The zero-order valence-electron chi connectivity index (χ0n) is 11.3. The van der Waals surface area contributed by atoms with E-state index in [1.807, 2.05) is 43.3 Å². The Bertz CT molecular complexity index is 578. The van der Waals surface area contributed by atoms with Crippen LogP contribution in [0.4, 0.5) is 0 Å². The molecule has 0 saturated heterocycles. The number of amides is 1. The van der Waals surface area contributed by atoms with Crippen LogP contribution in [-0.2, 0) is 6.54 Å². The molecule has 0 aromatic heterocycles. The van der Waals surface area contributed by atoms with E-state index in [0.717, 1.165) is 15.6 Å². The van der Waals surface area contributed by atoms with Gasteiger partial charge in [-0.1, -0.05) is 40.2 Å². The molecule has 2 aromatic carbocycles. The predicted molar refractivity (Wildman–Crippen MR) is 84.4 cm³/mol. The Morgan fingerprint density at radius 3 is 2.30 bits per heavy atom. The standard InChI is InChI=1S/C16H17BrN2O/c1-11(13-6-8-15(17)9-7-13)19-16(20)14-4-2-12(10-18)3-5-14/h2-9,11H,10,18H2,1H3,(H,19,20)/t11-/m0/s1. The lowest BCUT2D eigenvalue weighted by atomic mass is 10.1. The molecule has 3 N–H and O–H groups in total. The van der Waals surface area contributed by atoms with Crippen molar-refractivity contribution < 1.29 is 4.79 Å². The second-order valence-corrected chi connectivity index (χ2v) is 5.56. The van der Waals surface area contributed by atoms with Gasteiger partial charge in [0, 0.05) is 16.6 Å². The Morgan fingerprint density at radius 2 is 1.75 bits per heavy atom. The highest BCUT2D eigenvalue weighted by molar-refractivity contribution is 9.10. The Balaban J connectivity index is 2.04. The first-order chi connectivity index (χ1) is 9.60. The van der Waals surface area contributed by atoms with Gasteiger partial charge in [0.2, 0.25) is 0 Å². The lowest BCUT2D eigenvalue weighted by molar-refractivity contribution is 0.0940. The fourth-order valence-electron chi connectivity index (χ4n) is 1.91. The average Bonchev–Trinajstić information content (AvgIpc) is 2.48. The van der Waals surface area contributed by atoms with Gasteiger partial charge in [-0.3, -0.25) is 4.79 Å². The molecule has 2 rings (SSSR count). The summed E-state index contributed by atoms with van der Waals surface area (Å²) in [5, 5.41) is 2.98. The van der Waals surface area contributed by atoms with Crippen molar-refractivity contribution in [1.82, 2.24) is 5.32 Å². The summed E-state index contributed by atoms with van der Waals surface area (Å²) in [7, 11) is 0. The van der Waals surface area contributed by atoms with Crippen LogP contribution in [0.15, 0.2) is 53.0 Å². The SMILES string of the molecule is C[C@H](NC(=O)c1ccc(CN)cc1)c1ccc(Br)cc1. The molecule has 0 heterocycles. The lowest BCUT2D eigenvalue weighted by Crippen LogP contribution is -2.26. The molecular formula is C16H17BrN2O. The molecule has 0 aliphatic heterocycles. The maximum atomic E-state index is 12.1. The molecule has 0 saturated carbocycles. The van der Waals surface area contributed by atoms with Crippen molar-refractivity contribution in [3.05, 3.63) is 69.7 Å². The third-order valence-corrected chi connectivity index (χ3v) is 3.70. The summed E-state index contributed by atoms with van der Waals surface area (Å²) < 4.78 is 1.03. The molecule has 3 nitrogen and oxygen atoms in total. The molecular weight excluding hydrogens is 316 g/mol. The van der Waals surface area contributed by atoms with Crippen LogP contribution >= 0.6 is 15.9 Å². The van der Waals surface area contributed by atoms with Gasteiger partial charge in [0.15, 0.2) is 0 Å². The summed E-state index contributed by atoms with van der Waals surface area (Å²) in [5.74, 6) is -0.0796. The normalized spacial score (nSPS) is 11.9. The summed E-state index contributed by atoms with van der Waals surface area (Å²) in [6.45, 7) is 2.45. The summed E-state index contributed by atoms with van der Waals surface area (Å²) in [5.41, 5.74) is 8.27. The number of hydrogen-bond acceptors (Lipinski definition) is 2. The smallest absolute Gasteiger partial charge is 0.251 e. The third-order valence-electron chi connectivity index (χ3n) is 3.17. The summed E-state index contributed by atoms with van der Waals surface area (Å²) in [4.78, 5) is 12.1. The van der Waals surface area contributed by atoms with Crippen LogP contribution in [0.25, 0.3) is 0 Å². The number of carbonyl (C=O) groups excluding carboxylic acids is 1. The first-order valence-electron chi connectivity index (χ1n) is 6.45. The summed E-state index contributed by atoms with van der Waals surface area (Å²) >= 11 is 3.40. The zero-order chi connectivity index (χ0) is 14.5. The van der Waals surface area contributed by atoms with Crippen LogP contribution in [-0.4, -0.2) is 5.91 Å². The molecule has 2 aromatic rings. The minimum Gasteiger partial charge on any atom is -0.346 e. The molecule has 1 amide bonds. The highest BCUT2D eigenvalue weighted by Gasteiger charge is 2.11. The number of rotatable bonds is 4. The molecule has 0 fully saturated rings. The Kier molecular flexibility index (Phi) is 4.93. The molecule has 0 radical (unpaired) electrons. The molecule has 104 valence electrons. The minimum absolute atomic E-state index is 0.0372. The van der Waals surface area contributed by atoms with Crippen LogP contribution in [0, 0.1) is 0 Å². The largest absolute Gasteiger partial charge is 0.346 e. The molecule has 0 unspecified atom stereocenters. The van der Waals surface area contributed by atoms with Crippen LogP contribution in [0.1, 0.15) is 34.5 Å². The van der Waals surface area contributed by atoms with Gasteiger partial charge in [0.05, 0.1) is 6.04 Å². The monoisotopic (exact) mass is 332 g/mol. The maximum Gasteiger partial charge on any atom is 0.251 e. The maximum absolute atomic E-state index is 12.1. The Hall–Kier alpha value is -1.65. The second-order valence-electron chi connectivity index (χ2n) is 4.65. The molecule has 20 heavy (non-hydrogen) atoms. The van der Waals surface area contributed by atoms with Gasteiger partial charge in [-0.05, 0) is 42.3 Å². The van der Waals surface area contributed by atoms with Crippen molar-refractivity contribution in [2.75, 3.05) is 0 Å². The zero-order valence-corrected chi connectivity index (χ0v) is 12.9. The number of carbonyl (C=O) groups is 1. The quantitative estimate of drug-likeness (QED) is 0.901. The van der Waals surface area contributed by atoms with Gasteiger partial charge in [-0.2, -0.15) is 0 Å². The number of hydrogen-bond donors (Lipinski definition) is 2. The van der Waals surface area contributed by atoms with E-state index in [2.05, 4.69) is 21.2 Å². The minimum atomic E-state index is -0.0796. The fraction of sp³-hybridized carbons (Fsp3) is 0.188. The van der Waals surface area contributed by atoms with Crippen molar-refractivity contribution in [3.63, 3.8) is 0 Å². The van der Waals surface area contributed by atoms with Gasteiger partial charge in [-0.25, -0.2) is 0 Å². The van der Waals surface area contributed by atoms with E-state index in [4.69, 9.17) is 5.73 Å². The lowest BCUT2D eigenvalue weighted by Gasteiger charge is -2.14. The predicted octanol–water partition coefficient (Wildman–Crippen LogP) is 3.40. The van der Waals surface area contributed by atoms with Crippen LogP contribution < -0.4 is 11.1 Å². The van der Waals surface area contributed by atoms with Crippen LogP contribution in [0.3, 0.4) is 0 Å². The van der Waals surface area contributed by atoms with Crippen molar-refractivity contribution in [1.29, 1.82) is 0 Å². The molecule has 0 bridgehead atoms. The average molecular weight is 333 g/mol. The van der Waals surface area contributed by atoms with E-state index < -0.39 is 0 Å². The fourth-order valence-corrected chi connectivity index (χ4v) is 2.17. The van der Waals surface area contributed by atoms with Gasteiger partial charge in [0.25, 0.3) is 5.91 Å². The first-order valence-corrected chi connectivity index (χ1v) is 7.25. The number of halogens is 1. The molecule has 4 heteroatoms. The van der Waals surface area contributed by atoms with E-state index in [-0.39, 0.29) is 11.9 Å². The van der Waals surface area contributed by atoms with Gasteiger partial charge < -0.3 is 11.1 Å². The highest BCUT2D eigenvalue weighted by Crippen LogP contribution is 2.17. The molecule has 1 atom stereocenters. The molecule has 0 aliphatic carbocycles. The topological polar surface area (TPSA) is 55.1 Å². The molecule has 0 aliphatic rings. The third kappa shape index (κ3) is 3.68. The van der Waals surface area contributed by atoms with Crippen LogP contribution in [0.5, 0.6) is 0 Å². The van der Waals surface area contributed by atoms with E-state index in [1.54, 1.807) is 12.1 Å². The van der Waals surface area contributed by atoms with E-state index >= 15 is 0 Å². The number of nitrogens with two attached hydrogens (primary N) is 1. The summed E-state index contributed by atoms with van der Waals surface area (Å²) in [6.07, 6.45) is 0. The van der Waals surface area contributed by atoms with Gasteiger partial charge in [0.1, 0.15) is 0 Å². The van der Waals surface area contributed by atoms with E-state index in [1.165, 1.54) is 0 Å². The van der Waals surface area contributed by atoms with Crippen molar-refractivity contribution in [2.24, 2.45) is 5.73 Å². The van der Waals surface area contributed by atoms with Crippen molar-refractivity contribution in [2.45, 2.75) is 19.5 Å². The second kappa shape index (κ2) is 6.68. The van der Waals surface area contributed by atoms with Crippen molar-refractivity contribution >= 4 is 21.8 Å². The Morgan fingerprint density at radius 1 is 1.15 bits per heavy atom. The van der Waals surface area contributed by atoms with E-state index in [0.29, 0.717) is 12.1 Å². The number of benzene rings is 2. The first kappa shape index (κ1) is 14.8. The number of nitrogens with one attached hydrogen (secondary N) is 1. The summed E-state index contributed by atoms with van der Waals surface area (Å²) in [6, 6.07) is 15.2. The highest BCUT2D eigenvalue weighted by atomic mass is 79.9. The Labute approximate surface area is 127 Å². The van der Waals surface area contributed by atoms with Gasteiger partial charge >= 0.3 is 0 Å². The van der Waals surface area contributed by atoms with Gasteiger partial charge in [-0.15, -0.1) is 0 Å². The molecule has 0 spiro atoms. The van der Waals surface area contributed by atoms with Crippen LogP contribution in [0.2, 0.25) is 0 Å². The van der Waals surface area contributed by atoms with Crippen molar-refractivity contribution in [3.8, 4) is 0 Å². The van der Waals surface area contributed by atoms with E-state index in [9.17, 15) is 4.79 Å².